The zero-order valence-corrected chi connectivity index (χ0v) is 10.9. The first-order valence-electron chi connectivity index (χ1n) is 6.45. The Morgan fingerprint density at radius 3 is 2.21 bits per heavy atom. The van der Waals surface area contributed by atoms with Gasteiger partial charge in [-0.2, -0.15) is 0 Å². The topological polar surface area (TPSA) is 38.9 Å². The van der Waals surface area contributed by atoms with Crippen molar-refractivity contribution in [3.05, 3.63) is 66.0 Å². The van der Waals surface area contributed by atoms with Crippen molar-refractivity contribution in [2.75, 3.05) is 0 Å². The van der Waals surface area contributed by atoms with Gasteiger partial charge in [0.05, 0.1) is 5.69 Å². The lowest BCUT2D eigenvalue weighted by molar-refractivity contribution is 0.989. The number of hydrogen-bond donors (Lipinski definition) is 1. The first-order chi connectivity index (χ1) is 9.31. The molecule has 0 saturated carbocycles. The molecular weight excluding hydrogens is 232 g/mol. The molecule has 3 aromatic rings. The summed E-state index contributed by atoms with van der Waals surface area (Å²) in [5.41, 5.74) is 10.2. The fourth-order valence-corrected chi connectivity index (χ4v) is 2.59. The van der Waals surface area contributed by atoms with Crippen molar-refractivity contribution in [1.29, 1.82) is 0 Å². The maximum Gasteiger partial charge on any atom is 0.0621 e. The second kappa shape index (κ2) is 4.82. The summed E-state index contributed by atoms with van der Waals surface area (Å²) in [6.07, 6.45) is 0. The molecule has 0 bridgehead atoms. The van der Waals surface area contributed by atoms with Crippen LogP contribution in [0.5, 0.6) is 0 Å². The molecule has 0 fully saturated rings. The van der Waals surface area contributed by atoms with Crippen molar-refractivity contribution in [1.82, 2.24) is 4.98 Å². The number of aromatic nitrogens is 1. The van der Waals surface area contributed by atoms with Gasteiger partial charge in [-0.1, -0.05) is 54.6 Å². The standard InChI is InChI=1S/C17H16N2/c1-12-17(13-7-3-2-4-8-13)15-10-6-5-9-14(15)16(11-18)19-12/h2-10H,11,18H2,1H3. The van der Waals surface area contributed by atoms with Crippen LogP contribution in [0.15, 0.2) is 54.6 Å². The molecule has 94 valence electrons. The Morgan fingerprint density at radius 1 is 0.895 bits per heavy atom. The smallest absolute Gasteiger partial charge is 0.0621 e. The minimum atomic E-state index is 0.469. The molecule has 19 heavy (non-hydrogen) atoms. The molecule has 0 unspecified atom stereocenters. The van der Waals surface area contributed by atoms with Crippen LogP contribution < -0.4 is 5.73 Å². The van der Waals surface area contributed by atoms with Gasteiger partial charge in [-0.15, -0.1) is 0 Å². The highest BCUT2D eigenvalue weighted by molar-refractivity contribution is 5.98. The van der Waals surface area contributed by atoms with E-state index in [0.717, 1.165) is 16.8 Å². The van der Waals surface area contributed by atoms with Gasteiger partial charge in [-0.3, -0.25) is 4.98 Å². The molecule has 2 aromatic carbocycles. The van der Waals surface area contributed by atoms with Crippen molar-refractivity contribution < 1.29 is 0 Å². The average Bonchev–Trinajstić information content (AvgIpc) is 2.47. The van der Waals surface area contributed by atoms with Crippen LogP contribution in [0.2, 0.25) is 0 Å². The third-order valence-electron chi connectivity index (χ3n) is 3.43. The summed E-state index contributed by atoms with van der Waals surface area (Å²) in [4.78, 5) is 4.67. The monoisotopic (exact) mass is 248 g/mol. The lowest BCUT2D eigenvalue weighted by Crippen LogP contribution is -2.03. The third kappa shape index (κ3) is 2.00. The third-order valence-corrected chi connectivity index (χ3v) is 3.43. The molecule has 2 N–H and O–H groups in total. The summed E-state index contributed by atoms with van der Waals surface area (Å²) in [6.45, 7) is 2.52. The Bertz CT molecular complexity index is 718. The van der Waals surface area contributed by atoms with Crippen molar-refractivity contribution in [2.24, 2.45) is 5.73 Å². The Labute approximate surface area is 112 Å². The van der Waals surface area contributed by atoms with Crippen molar-refractivity contribution in [3.63, 3.8) is 0 Å². The lowest BCUT2D eigenvalue weighted by atomic mass is 9.96. The zero-order chi connectivity index (χ0) is 13.2. The molecule has 2 nitrogen and oxygen atoms in total. The summed E-state index contributed by atoms with van der Waals surface area (Å²) >= 11 is 0. The van der Waals surface area contributed by atoms with E-state index in [-0.39, 0.29) is 0 Å². The molecule has 0 aliphatic heterocycles. The normalized spacial score (nSPS) is 10.8. The van der Waals surface area contributed by atoms with Crippen LogP contribution in [0.25, 0.3) is 21.9 Å². The van der Waals surface area contributed by atoms with Crippen LogP contribution in [0.4, 0.5) is 0 Å². The number of aryl methyl sites for hydroxylation is 1. The predicted molar refractivity (Wildman–Crippen MR) is 79.8 cm³/mol. The molecular formula is C17H16N2. The van der Waals surface area contributed by atoms with Crippen LogP contribution in [0.3, 0.4) is 0 Å². The van der Waals surface area contributed by atoms with Crippen LogP contribution in [0.1, 0.15) is 11.4 Å². The van der Waals surface area contributed by atoms with E-state index in [1.165, 1.54) is 16.5 Å². The largest absolute Gasteiger partial charge is 0.325 e. The lowest BCUT2D eigenvalue weighted by Gasteiger charge is -2.13. The molecule has 0 radical (unpaired) electrons. The zero-order valence-electron chi connectivity index (χ0n) is 10.9. The fourth-order valence-electron chi connectivity index (χ4n) is 2.59. The number of benzene rings is 2. The number of fused-ring (bicyclic) bond motifs is 1. The Balaban J connectivity index is 2.40. The number of rotatable bonds is 2. The predicted octanol–water partition coefficient (Wildman–Crippen LogP) is 3.67. The SMILES string of the molecule is Cc1nc(CN)c2ccccc2c1-c1ccccc1. The minimum Gasteiger partial charge on any atom is -0.325 e. The molecule has 1 aromatic heterocycles. The summed E-state index contributed by atoms with van der Waals surface area (Å²) < 4.78 is 0. The van der Waals surface area contributed by atoms with Gasteiger partial charge < -0.3 is 5.73 Å². The van der Waals surface area contributed by atoms with Gasteiger partial charge in [-0.05, 0) is 17.9 Å². The Kier molecular flexibility index (Phi) is 3.02. The summed E-state index contributed by atoms with van der Waals surface area (Å²) in [7, 11) is 0. The van der Waals surface area contributed by atoms with Gasteiger partial charge in [0.2, 0.25) is 0 Å². The highest BCUT2D eigenvalue weighted by atomic mass is 14.7. The first kappa shape index (κ1) is 11.9. The van der Waals surface area contributed by atoms with E-state index in [2.05, 4.69) is 47.4 Å². The molecule has 0 spiro atoms. The molecule has 0 aliphatic carbocycles. The van der Waals surface area contributed by atoms with E-state index in [1.54, 1.807) is 0 Å². The summed E-state index contributed by atoms with van der Waals surface area (Å²) in [6, 6.07) is 18.7. The van der Waals surface area contributed by atoms with Gasteiger partial charge in [0.1, 0.15) is 0 Å². The summed E-state index contributed by atoms with van der Waals surface area (Å²) in [5, 5.41) is 2.37. The van der Waals surface area contributed by atoms with Crippen LogP contribution in [-0.2, 0) is 6.54 Å². The summed E-state index contributed by atoms with van der Waals surface area (Å²) in [5.74, 6) is 0. The second-order valence-electron chi connectivity index (χ2n) is 4.63. The van der Waals surface area contributed by atoms with Crippen LogP contribution >= 0.6 is 0 Å². The van der Waals surface area contributed by atoms with E-state index in [1.807, 2.05) is 19.1 Å². The van der Waals surface area contributed by atoms with Gasteiger partial charge >= 0.3 is 0 Å². The molecule has 2 heteroatoms. The Hall–Kier alpha value is -2.19. The van der Waals surface area contributed by atoms with E-state index in [0.29, 0.717) is 6.54 Å². The van der Waals surface area contributed by atoms with Gasteiger partial charge in [0.25, 0.3) is 0 Å². The molecule has 1 heterocycles. The van der Waals surface area contributed by atoms with E-state index < -0.39 is 0 Å². The average molecular weight is 248 g/mol. The molecule has 0 amide bonds. The maximum atomic E-state index is 5.81. The Morgan fingerprint density at radius 2 is 1.53 bits per heavy atom. The highest BCUT2D eigenvalue weighted by Crippen LogP contribution is 2.32. The van der Waals surface area contributed by atoms with Crippen LogP contribution in [0, 0.1) is 6.92 Å². The van der Waals surface area contributed by atoms with E-state index >= 15 is 0 Å². The minimum absolute atomic E-state index is 0.469. The maximum absolute atomic E-state index is 5.81. The number of hydrogen-bond acceptors (Lipinski definition) is 2. The quantitative estimate of drug-likeness (QED) is 0.751. The number of nitrogens with zero attached hydrogens (tertiary/aromatic N) is 1. The first-order valence-corrected chi connectivity index (χ1v) is 6.45. The molecule has 0 atom stereocenters. The fraction of sp³-hybridized carbons (Fsp3) is 0.118. The van der Waals surface area contributed by atoms with Crippen molar-refractivity contribution >= 4 is 10.8 Å². The highest BCUT2D eigenvalue weighted by Gasteiger charge is 2.11. The second-order valence-corrected chi connectivity index (χ2v) is 4.63. The van der Waals surface area contributed by atoms with E-state index in [4.69, 9.17) is 5.73 Å². The van der Waals surface area contributed by atoms with Crippen LogP contribution in [-0.4, -0.2) is 4.98 Å². The molecule has 3 rings (SSSR count). The van der Waals surface area contributed by atoms with E-state index in [9.17, 15) is 0 Å². The van der Waals surface area contributed by atoms with Gasteiger partial charge in [-0.25, -0.2) is 0 Å². The molecule has 0 saturated heterocycles. The molecule has 0 aliphatic rings. The van der Waals surface area contributed by atoms with Gasteiger partial charge in [0, 0.05) is 23.2 Å². The van der Waals surface area contributed by atoms with Gasteiger partial charge in [0.15, 0.2) is 0 Å². The number of nitrogens with two attached hydrogens (primary N) is 1. The van der Waals surface area contributed by atoms with Crippen molar-refractivity contribution in [3.8, 4) is 11.1 Å². The number of pyridine rings is 1. The van der Waals surface area contributed by atoms with Crippen molar-refractivity contribution in [2.45, 2.75) is 13.5 Å².